The van der Waals surface area contributed by atoms with Gasteiger partial charge in [-0.25, -0.2) is 15.0 Å². The number of esters is 1. The van der Waals surface area contributed by atoms with Crippen LogP contribution in [-0.4, -0.2) is 82.5 Å². The van der Waals surface area contributed by atoms with Crippen molar-refractivity contribution in [3.63, 3.8) is 0 Å². The van der Waals surface area contributed by atoms with Crippen molar-refractivity contribution in [2.75, 3.05) is 13.7 Å². The van der Waals surface area contributed by atoms with Crippen molar-refractivity contribution >= 4 is 19.6 Å². The smallest absolute Gasteiger partial charge is 0.341 e. The second kappa shape index (κ2) is 10.7. The molecule has 13 heteroatoms. The van der Waals surface area contributed by atoms with E-state index < -0.39 is 50.2 Å². The van der Waals surface area contributed by atoms with Gasteiger partial charge in [-0.15, -0.1) is 0 Å². The van der Waals surface area contributed by atoms with Crippen LogP contribution >= 0.6 is 7.67 Å². The number of carboxylic acid groups (broad SMARTS) is 1. The Balaban J connectivity index is 2.07. The van der Waals surface area contributed by atoms with Crippen LogP contribution in [0.5, 0.6) is 0 Å². The molecule has 0 radical (unpaired) electrons. The van der Waals surface area contributed by atoms with Gasteiger partial charge < -0.3 is 34.2 Å². The van der Waals surface area contributed by atoms with Crippen molar-refractivity contribution in [3.05, 3.63) is 24.0 Å². The number of aliphatic carboxylic acids is 1. The van der Waals surface area contributed by atoms with Crippen molar-refractivity contribution in [1.82, 2.24) is 15.1 Å². The number of carboxylic acids is 1. The molecule has 1 fully saturated rings. The van der Waals surface area contributed by atoms with Crippen molar-refractivity contribution in [1.29, 1.82) is 0 Å². The Morgan fingerprint density at radius 3 is 2.55 bits per heavy atom. The minimum Gasteiger partial charge on any atom is -0.478 e. The summed E-state index contributed by atoms with van der Waals surface area (Å²) in [7, 11) is -2.56. The van der Waals surface area contributed by atoms with Crippen molar-refractivity contribution in [3.8, 4) is 0 Å². The van der Waals surface area contributed by atoms with Crippen LogP contribution in [0.3, 0.4) is 0 Å². The highest BCUT2D eigenvalue weighted by Crippen LogP contribution is 2.40. The molecule has 0 aliphatic carbocycles. The standard InChI is InChI=1S/C18H30N3O9P/c1-10(2)19-31(27,20-11(3)18(26)28-4)29-9-13-14(22)15(23)16(30-13)21-7-5-6-12(8-21)17(24)25/h5,7-8,10-11,13-16,22-23H,6,9H2,1-4H3,(H,24,25)(H2,19,20,27)/t11-,13+,14+,15+,16+,31?/m0/s1. The van der Waals surface area contributed by atoms with Gasteiger partial charge in [-0.05, 0) is 20.8 Å². The molecule has 2 rings (SSSR count). The van der Waals surface area contributed by atoms with Gasteiger partial charge in [0.1, 0.15) is 24.4 Å². The average molecular weight is 463 g/mol. The highest BCUT2D eigenvalue weighted by molar-refractivity contribution is 7.54. The number of hydrogen-bond acceptors (Lipinski definition) is 9. The second-order valence-corrected chi connectivity index (χ2v) is 9.42. The number of carbonyl (C=O) groups excluding carboxylic acids is 1. The normalized spacial score (nSPS) is 28.9. The number of ether oxygens (including phenoxy) is 2. The van der Waals surface area contributed by atoms with Gasteiger partial charge >= 0.3 is 19.6 Å². The summed E-state index contributed by atoms with van der Waals surface area (Å²) in [4.78, 5) is 24.2. The molecule has 2 aliphatic heterocycles. The maximum absolute atomic E-state index is 13.2. The van der Waals surface area contributed by atoms with Crippen LogP contribution in [0.2, 0.25) is 0 Å². The first-order chi connectivity index (χ1) is 14.5. The van der Waals surface area contributed by atoms with E-state index in [0.717, 1.165) is 0 Å². The summed E-state index contributed by atoms with van der Waals surface area (Å²) >= 11 is 0. The van der Waals surface area contributed by atoms with E-state index in [1.165, 1.54) is 25.1 Å². The zero-order valence-electron chi connectivity index (χ0n) is 17.8. The number of nitrogens with one attached hydrogen (secondary N) is 2. The third kappa shape index (κ3) is 6.59. The van der Waals surface area contributed by atoms with Crippen LogP contribution in [0.1, 0.15) is 27.2 Å². The minimum atomic E-state index is -3.76. The summed E-state index contributed by atoms with van der Waals surface area (Å²) in [5.41, 5.74) is 0.0964. The van der Waals surface area contributed by atoms with Crippen LogP contribution in [0.15, 0.2) is 24.0 Å². The molecule has 0 aromatic carbocycles. The number of allylic oxidation sites excluding steroid dienone is 1. The molecule has 5 N–H and O–H groups in total. The third-order valence-corrected chi connectivity index (χ3v) is 6.69. The molecule has 6 atom stereocenters. The number of methoxy groups -OCH3 is 1. The maximum atomic E-state index is 13.2. The number of nitrogens with zero attached hydrogens (tertiary/aromatic N) is 1. The highest BCUT2D eigenvalue weighted by atomic mass is 31.2. The molecule has 12 nitrogen and oxygen atoms in total. The second-order valence-electron chi connectivity index (χ2n) is 7.55. The van der Waals surface area contributed by atoms with E-state index in [1.54, 1.807) is 26.1 Å². The first kappa shape index (κ1) is 25.5. The van der Waals surface area contributed by atoms with Crippen LogP contribution in [0.4, 0.5) is 0 Å². The predicted octanol–water partition coefficient (Wildman–Crippen LogP) is -0.105. The fourth-order valence-electron chi connectivity index (χ4n) is 3.11. The molecule has 0 saturated carbocycles. The maximum Gasteiger partial charge on any atom is 0.341 e. The molecule has 0 aromatic heterocycles. The quantitative estimate of drug-likeness (QED) is 0.216. The SMILES string of the molecule is COC(=O)[C@H](C)NP(=O)(NC(C)C)OC[C@H]1O[C@@H](N2C=CCC(C(=O)O)=C2)[C@H](O)[C@@H]1O. The molecule has 0 amide bonds. The van der Waals surface area contributed by atoms with Gasteiger partial charge in [-0.3, -0.25) is 9.36 Å². The Bertz CT molecular complexity index is 772. The van der Waals surface area contributed by atoms with Gasteiger partial charge in [0.05, 0.1) is 19.3 Å². The van der Waals surface area contributed by atoms with Crippen molar-refractivity contribution in [2.24, 2.45) is 0 Å². The molecule has 31 heavy (non-hydrogen) atoms. The Hall–Kier alpha value is -1.79. The molecular formula is C18H30N3O9P. The molecule has 176 valence electrons. The van der Waals surface area contributed by atoms with Crippen molar-refractivity contribution in [2.45, 2.75) is 63.8 Å². The average Bonchev–Trinajstić information content (AvgIpc) is 2.99. The molecule has 2 aliphatic rings. The zero-order valence-corrected chi connectivity index (χ0v) is 18.7. The first-order valence-electron chi connectivity index (χ1n) is 9.75. The highest BCUT2D eigenvalue weighted by Gasteiger charge is 2.46. The van der Waals surface area contributed by atoms with Gasteiger partial charge in [-0.1, -0.05) is 6.08 Å². The van der Waals surface area contributed by atoms with Gasteiger partial charge in [-0.2, -0.15) is 0 Å². The van der Waals surface area contributed by atoms with E-state index in [9.17, 15) is 24.4 Å². The number of carbonyl (C=O) groups is 2. The molecular weight excluding hydrogens is 433 g/mol. The number of rotatable bonds is 10. The number of hydrogen-bond donors (Lipinski definition) is 5. The summed E-state index contributed by atoms with van der Waals surface area (Å²) in [5.74, 6) is -1.74. The van der Waals surface area contributed by atoms with Crippen LogP contribution in [0.25, 0.3) is 0 Å². The van der Waals surface area contributed by atoms with E-state index in [2.05, 4.69) is 14.9 Å². The van der Waals surface area contributed by atoms with Gasteiger partial charge in [0.25, 0.3) is 0 Å². The summed E-state index contributed by atoms with van der Waals surface area (Å²) in [6.45, 7) is 4.55. The number of aliphatic hydroxyl groups excluding tert-OH is 2. The van der Waals surface area contributed by atoms with E-state index in [4.69, 9.17) is 14.4 Å². The summed E-state index contributed by atoms with van der Waals surface area (Å²) in [5, 5.41) is 35.2. The first-order valence-corrected chi connectivity index (χ1v) is 11.4. The van der Waals surface area contributed by atoms with Crippen LogP contribution < -0.4 is 10.2 Å². The topological polar surface area (TPSA) is 167 Å². The lowest BCUT2D eigenvalue weighted by Gasteiger charge is -2.28. The molecule has 0 bridgehead atoms. The number of aliphatic hydroxyl groups is 2. The van der Waals surface area contributed by atoms with E-state index >= 15 is 0 Å². The van der Waals surface area contributed by atoms with Crippen LogP contribution in [-0.2, 0) is 28.2 Å². The third-order valence-electron chi connectivity index (χ3n) is 4.59. The largest absolute Gasteiger partial charge is 0.478 e. The summed E-state index contributed by atoms with van der Waals surface area (Å²) in [6, 6.07) is -1.21. The molecule has 0 spiro atoms. The Morgan fingerprint density at radius 1 is 1.29 bits per heavy atom. The Morgan fingerprint density at radius 2 is 1.97 bits per heavy atom. The van der Waals surface area contributed by atoms with E-state index in [0.29, 0.717) is 0 Å². The molecule has 1 saturated heterocycles. The fraction of sp³-hybridized carbons (Fsp3) is 0.667. The molecule has 0 aromatic rings. The van der Waals surface area contributed by atoms with E-state index in [1.807, 2.05) is 0 Å². The monoisotopic (exact) mass is 463 g/mol. The Kier molecular flexibility index (Phi) is 8.78. The Labute approximate surface area is 180 Å². The van der Waals surface area contributed by atoms with Crippen molar-refractivity contribution < 1.29 is 43.5 Å². The van der Waals surface area contributed by atoms with Gasteiger partial charge in [0.2, 0.25) is 0 Å². The minimum absolute atomic E-state index is 0.0964. The van der Waals surface area contributed by atoms with Crippen LogP contribution in [0, 0.1) is 0 Å². The lowest BCUT2D eigenvalue weighted by molar-refractivity contribution is -0.142. The fourth-order valence-corrected chi connectivity index (χ4v) is 4.98. The molecule has 2 heterocycles. The zero-order chi connectivity index (χ0) is 23.3. The summed E-state index contributed by atoms with van der Waals surface area (Å²) in [6.07, 6.45) is -0.206. The molecule has 1 unspecified atom stereocenters. The predicted molar refractivity (Wildman–Crippen MR) is 108 cm³/mol. The van der Waals surface area contributed by atoms with E-state index in [-0.39, 0.29) is 24.6 Å². The van der Waals surface area contributed by atoms with Gasteiger partial charge in [0, 0.05) is 24.9 Å². The lowest BCUT2D eigenvalue weighted by Crippen LogP contribution is -2.41. The lowest BCUT2D eigenvalue weighted by atomic mass is 10.1. The van der Waals surface area contributed by atoms with Gasteiger partial charge in [0.15, 0.2) is 6.23 Å². The summed E-state index contributed by atoms with van der Waals surface area (Å²) < 4.78 is 28.9.